The molecule has 0 fully saturated rings. The molecule has 0 aliphatic rings. The van der Waals surface area contributed by atoms with Gasteiger partial charge in [-0.25, -0.2) is 4.98 Å². The van der Waals surface area contributed by atoms with Crippen molar-refractivity contribution in [1.29, 1.82) is 5.26 Å². The molecule has 0 spiro atoms. The molecule has 0 aromatic carbocycles. The van der Waals surface area contributed by atoms with Crippen LogP contribution in [0.25, 0.3) is 0 Å². The maximum atomic E-state index is 11.0. The van der Waals surface area contributed by atoms with Gasteiger partial charge in [-0.3, -0.25) is 10.1 Å². The fraction of sp³-hybridized carbons (Fsp3) is 0.500. The Bertz CT molecular complexity index is 468. The molecule has 1 atom stereocenters. The minimum Gasteiger partial charge on any atom is -0.362 e. The molecule has 0 radical (unpaired) electrons. The maximum Gasteiger partial charge on any atom is 0.328 e. The highest BCUT2D eigenvalue weighted by molar-refractivity contribution is 5.64. The Morgan fingerprint density at radius 1 is 1.61 bits per heavy atom. The first-order chi connectivity index (χ1) is 8.63. The van der Waals surface area contributed by atoms with Gasteiger partial charge in [-0.15, -0.1) is 0 Å². The molecule has 0 aliphatic carbocycles. The molecule has 6 nitrogen and oxygen atoms in total. The lowest BCUT2D eigenvalue weighted by Gasteiger charge is -2.16. The van der Waals surface area contributed by atoms with Crippen LogP contribution in [0.15, 0.2) is 12.3 Å². The fourth-order valence-electron chi connectivity index (χ4n) is 1.75. The summed E-state index contributed by atoms with van der Waals surface area (Å²) in [6, 6.07) is 3.30. The molecule has 0 bridgehead atoms. The molecule has 1 rings (SSSR count). The van der Waals surface area contributed by atoms with E-state index in [-0.39, 0.29) is 23.1 Å². The lowest BCUT2D eigenvalue weighted by Crippen LogP contribution is -2.19. The smallest absolute Gasteiger partial charge is 0.328 e. The van der Waals surface area contributed by atoms with Gasteiger partial charge in [-0.2, -0.15) is 5.26 Å². The third-order valence-corrected chi connectivity index (χ3v) is 2.70. The number of anilines is 1. The summed E-state index contributed by atoms with van der Waals surface area (Å²) in [5.74, 6) is 0.180. The Hall–Kier alpha value is -2.16. The van der Waals surface area contributed by atoms with Gasteiger partial charge in [0.05, 0.1) is 4.92 Å². The monoisotopic (exact) mass is 248 g/mol. The molecule has 0 aliphatic heterocycles. The predicted molar refractivity (Wildman–Crippen MR) is 68.2 cm³/mol. The Morgan fingerprint density at radius 3 is 2.83 bits per heavy atom. The van der Waals surface area contributed by atoms with Crippen LogP contribution in [0.3, 0.4) is 0 Å². The first-order valence-corrected chi connectivity index (χ1v) is 5.94. The average molecular weight is 248 g/mol. The molecule has 1 aromatic heterocycles. The zero-order valence-electron chi connectivity index (χ0n) is 10.5. The lowest BCUT2D eigenvalue weighted by atomic mass is 10.1. The lowest BCUT2D eigenvalue weighted by molar-refractivity contribution is -0.384. The van der Waals surface area contributed by atoms with Crippen molar-refractivity contribution in [2.24, 2.45) is 0 Å². The highest BCUT2D eigenvalue weighted by Gasteiger charge is 2.22. The van der Waals surface area contributed by atoms with Crippen LogP contribution in [0.5, 0.6) is 0 Å². The van der Waals surface area contributed by atoms with E-state index in [1.807, 2.05) is 13.0 Å². The van der Waals surface area contributed by atoms with E-state index in [9.17, 15) is 10.1 Å². The second-order valence-electron chi connectivity index (χ2n) is 3.96. The quantitative estimate of drug-likeness (QED) is 0.617. The topological polar surface area (TPSA) is 91.8 Å². The van der Waals surface area contributed by atoms with E-state index in [4.69, 9.17) is 5.26 Å². The molecule has 1 aromatic rings. The third kappa shape index (κ3) is 3.17. The highest BCUT2D eigenvalue weighted by Crippen LogP contribution is 2.27. The molecular formula is C12H16N4O2. The summed E-state index contributed by atoms with van der Waals surface area (Å²) < 4.78 is 0. The van der Waals surface area contributed by atoms with Gasteiger partial charge in [0.15, 0.2) is 0 Å². The number of hydrogen-bond acceptors (Lipinski definition) is 5. The van der Waals surface area contributed by atoms with Crippen LogP contribution in [0.4, 0.5) is 11.5 Å². The summed E-state index contributed by atoms with van der Waals surface area (Å²) in [7, 11) is 0. The van der Waals surface area contributed by atoms with Crippen LogP contribution in [-0.4, -0.2) is 15.9 Å². The van der Waals surface area contributed by atoms with Crippen LogP contribution < -0.4 is 5.32 Å². The molecule has 18 heavy (non-hydrogen) atoms. The predicted octanol–water partition coefficient (Wildman–Crippen LogP) is 2.85. The van der Waals surface area contributed by atoms with E-state index in [2.05, 4.69) is 17.2 Å². The van der Waals surface area contributed by atoms with Crippen molar-refractivity contribution in [2.75, 3.05) is 5.32 Å². The summed E-state index contributed by atoms with van der Waals surface area (Å²) in [5.41, 5.74) is -0.210. The first-order valence-electron chi connectivity index (χ1n) is 5.94. The molecule has 1 unspecified atom stereocenters. The first kappa shape index (κ1) is 13.9. The fourth-order valence-corrected chi connectivity index (χ4v) is 1.75. The Morgan fingerprint density at radius 2 is 2.33 bits per heavy atom. The number of nitriles is 1. The third-order valence-electron chi connectivity index (χ3n) is 2.70. The summed E-state index contributed by atoms with van der Waals surface area (Å²) in [6.45, 7) is 4.06. The van der Waals surface area contributed by atoms with E-state index in [1.165, 1.54) is 12.3 Å². The van der Waals surface area contributed by atoms with E-state index in [0.717, 1.165) is 19.3 Å². The summed E-state index contributed by atoms with van der Waals surface area (Å²) >= 11 is 0. The largest absolute Gasteiger partial charge is 0.362 e. The molecule has 0 saturated carbocycles. The number of nitro groups is 1. The summed E-state index contributed by atoms with van der Waals surface area (Å²) in [6.07, 6.45) is 4.15. The summed E-state index contributed by atoms with van der Waals surface area (Å²) in [5, 5.41) is 22.9. The van der Waals surface area contributed by atoms with Gasteiger partial charge < -0.3 is 5.32 Å². The minimum absolute atomic E-state index is 0.0313. The second kappa shape index (κ2) is 6.55. The molecule has 1 heterocycles. The van der Waals surface area contributed by atoms with Gasteiger partial charge in [0.25, 0.3) is 0 Å². The van der Waals surface area contributed by atoms with E-state index in [1.54, 1.807) is 0 Å². The van der Waals surface area contributed by atoms with Gasteiger partial charge in [-0.1, -0.05) is 20.3 Å². The Kier molecular flexibility index (Phi) is 5.06. The number of nitrogens with one attached hydrogen (secondary N) is 1. The molecule has 96 valence electrons. The molecular weight excluding hydrogens is 232 g/mol. The normalized spacial score (nSPS) is 11.6. The van der Waals surface area contributed by atoms with Crippen LogP contribution in [0.2, 0.25) is 0 Å². The van der Waals surface area contributed by atoms with E-state index < -0.39 is 4.92 Å². The van der Waals surface area contributed by atoms with E-state index >= 15 is 0 Å². The van der Waals surface area contributed by atoms with Crippen molar-refractivity contribution in [3.8, 4) is 6.07 Å². The SMILES string of the molecule is CCCC(CC)Nc1nccc(C#N)c1[N+](=O)[O-]. The van der Waals surface area contributed by atoms with Crippen molar-refractivity contribution >= 4 is 11.5 Å². The number of hydrogen-bond donors (Lipinski definition) is 1. The van der Waals surface area contributed by atoms with Crippen molar-refractivity contribution in [1.82, 2.24) is 4.98 Å². The van der Waals surface area contributed by atoms with Gasteiger partial charge in [0, 0.05) is 12.2 Å². The number of nitrogens with zero attached hydrogens (tertiary/aromatic N) is 3. The second-order valence-corrected chi connectivity index (χ2v) is 3.96. The van der Waals surface area contributed by atoms with Crippen molar-refractivity contribution < 1.29 is 4.92 Å². The van der Waals surface area contributed by atoms with Crippen molar-refractivity contribution in [3.63, 3.8) is 0 Å². The molecule has 0 saturated heterocycles. The summed E-state index contributed by atoms with van der Waals surface area (Å²) in [4.78, 5) is 14.4. The molecule has 6 heteroatoms. The van der Waals surface area contributed by atoms with Crippen molar-refractivity contribution in [2.45, 2.75) is 39.2 Å². The number of pyridine rings is 1. The Balaban J connectivity index is 3.08. The zero-order chi connectivity index (χ0) is 13.5. The van der Waals surface area contributed by atoms with Crippen LogP contribution in [0, 0.1) is 21.4 Å². The van der Waals surface area contributed by atoms with Crippen LogP contribution in [0.1, 0.15) is 38.7 Å². The van der Waals surface area contributed by atoms with Gasteiger partial charge >= 0.3 is 5.69 Å². The molecule has 0 amide bonds. The van der Waals surface area contributed by atoms with Gasteiger partial charge in [-0.05, 0) is 18.9 Å². The van der Waals surface area contributed by atoms with Crippen molar-refractivity contribution in [3.05, 3.63) is 27.9 Å². The average Bonchev–Trinajstić information content (AvgIpc) is 2.37. The van der Waals surface area contributed by atoms with Crippen LogP contribution >= 0.6 is 0 Å². The standard InChI is InChI=1S/C12H16N4O2/c1-3-5-10(4-2)15-12-11(16(17)18)9(8-13)6-7-14-12/h6-7,10H,3-5H2,1-2H3,(H,14,15). The zero-order valence-corrected chi connectivity index (χ0v) is 10.5. The number of rotatable bonds is 6. The Labute approximate surface area is 106 Å². The minimum atomic E-state index is -0.563. The van der Waals surface area contributed by atoms with Gasteiger partial charge in [0.2, 0.25) is 5.82 Å². The molecule has 1 N–H and O–H groups in total. The van der Waals surface area contributed by atoms with E-state index in [0.29, 0.717) is 0 Å². The van der Waals surface area contributed by atoms with Gasteiger partial charge in [0.1, 0.15) is 11.6 Å². The number of aromatic nitrogens is 1. The maximum absolute atomic E-state index is 11.0. The highest BCUT2D eigenvalue weighted by atomic mass is 16.6. The van der Waals surface area contributed by atoms with Crippen LogP contribution in [-0.2, 0) is 0 Å².